The van der Waals surface area contributed by atoms with Gasteiger partial charge in [-0.05, 0) is 0 Å². The van der Waals surface area contributed by atoms with E-state index in [0.717, 1.165) is 0 Å². The predicted octanol–water partition coefficient (Wildman–Crippen LogP) is 1.87. The Bertz CT molecular complexity index is 250. The van der Waals surface area contributed by atoms with Gasteiger partial charge in [-0.25, -0.2) is 0 Å². The van der Waals surface area contributed by atoms with Crippen molar-refractivity contribution in [2.45, 2.75) is 19.6 Å². The van der Waals surface area contributed by atoms with Gasteiger partial charge in [0.2, 0.25) is 0 Å². The van der Waals surface area contributed by atoms with Gasteiger partial charge in [-0.2, -0.15) is 3.69 Å². The lowest BCUT2D eigenvalue weighted by Gasteiger charge is -2.16. The normalized spacial score (nSPS) is 11.0. The number of hydrogen-bond acceptors (Lipinski definition) is 0. The van der Waals surface area contributed by atoms with Crippen LogP contribution in [0, 0.1) is 0 Å². The predicted molar refractivity (Wildman–Crippen MR) is 63.7 cm³/mol. The fourth-order valence-corrected chi connectivity index (χ4v) is 3.80. The van der Waals surface area contributed by atoms with Crippen LogP contribution in [0.1, 0.15) is 0 Å². The van der Waals surface area contributed by atoms with Crippen molar-refractivity contribution < 1.29 is 0 Å². The summed E-state index contributed by atoms with van der Waals surface area (Å²) in [6.07, 6.45) is 0. The van der Waals surface area contributed by atoms with E-state index in [-0.39, 0.29) is 18.2 Å². The zero-order valence-corrected chi connectivity index (χ0v) is 11.9. The molecule has 1 aromatic carbocycles. The van der Waals surface area contributed by atoms with Crippen LogP contribution in [0.4, 0.5) is 0 Å². The molecule has 1 aromatic rings. The molecule has 0 atom stereocenters. The van der Waals surface area contributed by atoms with Gasteiger partial charge in [0.05, 0.1) is 8.07 Å². The molecule has 0 nitrogen and oxygen atoms in total. The van der Waals surface area contributed by atoms with Gasteiger partial charge in [0, 0.05) is 0 Å². The highest BCUT2D eigenvalue weighted by molar-refractivity contribution is 9.23. The Balaban J connectivity index is 2.93. The van der Waals surface area contributed by atoms with Gasteiger partial charge in [-0.3, -0.25) is 12.9 Å². The van der Waals surface area contributed by atoms with Crippen molar-refractivity contribution in [3.05, 3.63) is 24.3 Å². The van der Waals surface area contributed by atoms with E-state index in [1.165, 1.54) is 3.69 Å². The van der Waals surface area contributed by atoms with Crippen LogP contribution in [0.2, 0.25) is 19.6 Å². The Morgan fingerprint density at radius 2 is 1.58 bits per heavy atom. The SMILES string of the molecule is C[Si](C)(C)c1cc[c]([Mg][Br])cc1. The molecule has 0 saturated carbocycles. The van der Waals surface area contributed by atoms with E-state index in [0.29, 0.717) is 0 Å². The maximum atomic E-state index is 3.58. The highest BCUT2D eigenvalue weighted by atomic mass is 79.9. The number of hydrogen-bond donors (Lipinski definition) is 0. The Labute approximate surface area is 91.4 Å². The van der Waals surface area contributed by atoms with Gasteiger partial charge in [-0.1, -0.05) is 49.1 Å². The maximum absolute atomic E-state index is 3.58. The number of halogens is 1. The fraction of sp³-hybridized carbons (Fsp3) is 0.333. The molecule has 0 heterocycles. The first-order chi connectivity index (χ1) is 5.54. The molecule has 0 amide bonds. The van der Waals surface area contributed by atoms with E-state index in [2.05, 4.69) is 56.8 Å². The number of rotatable bonds is 2. The minimum Gasteiger partial charge on any atom is -0.296 e. The molecule has 0 radical (unpaired) electrons. The molecular weight excluding hydrogens is 240 g/mol. The van der Waals surface area contributed by atoms with Crippen molar-refractivity contribution in [1.29, 1.82) is 0 Å². The summed E-state index contributed by atoms with van der Waals surface area (Å²) in [6, 6.07) is 9.15. The molecule has 0 bridgehead atoms. The zero-order valence-electron chi connectivity index (χ0n) is 7.89. The van der Waals surface area contributed by atoms with Crippen LogP contribution in [-0.4, -0.2) is 26.3 Å². The van der Waals surface area contributed by atoms with Crippen LogP contribution in [0.5, 0.6) is 0 Å². The average Bonchev–Trinajstić information content (AvgIpc) is 2.03. The Hall–Kier alpha value is 0.683. The molecule has 0 saturated heterocycles. The van der Waals surface area contributed by atoms with Gasteiger partial charge in [0.1, 0.15) is 0 Å². The van der Waals surface area contributed by atoms with Crippen molar-refractivity contribution in [3.63, 3.8) is 0 Å². The molecular formula is C9H13BrMgSi. The second-order valence-corrected chi connectivity index (χ2v) is 11.9. The molecule has 0 spiro atoms. The van der Waals surface area contributed by atoms with E-state index in [1.54, 1.807) is 5.19 Å². The van der Waals surface area contributed by atoms with Crippen molar-refractivity contribution in [2.24, 2.45) is 0 Å². The summed E-state index contributed by atoms with van der Waals surface area (Å²) in [5.41, 5.74) is 0. The minimum absolute atomic E-state index is 0.141. The van der Waals surface area contributed by atoms with Crippen LogP contribution in [0.3, 0.4) is 0 Å². The lowest BCUT2D eigenvalue weighted by Crippen LogP contribution is -2.38. The third-order valence-electron chi connectivity index (χ3n) is 1.97. The zero-order chi connectivity index (χ0) is 9.19. The highest BCUT2D eigenvalue weighted by Gasteiger charge is 2.15. The molecule has 0 unspecified atom stereocenters. The summed E-state index contributed by atoms with van der Waals surface area (Å²) in [5.74, 6) is 0. The smallest absolute Gasteiger partial charge is 0.296 e. The van der Waals surface area contributed by atoms with E-state index in [1.807, 2.05) is 0 Å². The first-order valence-corrected chi connectivity index (χ1v) is 12.3. The second kappa shape index (κ2) is 4.26. The molecule has 62 valence electrons. The van der Waals surface area contributed by atoms with Gasteiger partial charge in [0.15, 0.2) is 0 Å². The van der Waals surface area contributed by atoms with Crippen LogP contribution in [0.25, 0.3) is 0 Å². The van der Waals surface area contributed by atoms with Crippen molar-refractivity contribution in [1.82, 2.24) is 0 Å². The summed E-state index contributed by atoms with van der Waals surface area (Å²) in [5, 5.41) is 1.56. The number of benzene rings is 1. The highest BCUT2D eigenvalue weighted by Crippen LogP contribution is 2.00. The molecule has 0 fully saturated rings. The molecule has 0 aliphatic heterocycles. The molecule has 0 aromatic heterocycles. The largest absolute Gasteiger partial charge is 0.506 e. The van der Waals surface area contributed by atoms with E-state index in [9.17, 15) is 0 Å². The first kappa shape index (κ1) is 10.8. The summed E-state index contributed by atoms with van der Waals surface area (Å²) in [4.78, 5) is 0. The monoisotopic (exact) mass is 252 g/mol. The van der Waals surface area contributed by atoms with Crippen LogP contribution in [0.15, 0.2) is 24.3 Å². The van der Waals surface area contributed by atoms with E-state index < -0.39 is 8.07 Å². The van der Waals surface area contributed by atoms with Crippen molar-refractivity contribution in [3.8, 4) is 0 Å². The standard InChI is InChI=1S/C9H13Si.BrH.Mg/c1-10(2,3)9-7-5-4-6-8-9;;/h5-8H,1-3H3;1H;/q;;+1/p-1. The summed E-state index contributed by atoms with van der Waals surface area (Å²) >= 11 is 3.44. The molecule has 1 rings (SSSR count). The van der Waals surface area contributed by atoms with Gasteiger partial charge >= 0.3 is 18.2 Å². The van der Waals surface area contributed by atoms with Gasteiger partial charge in [0.25, 0.3) is 0 Å². The third kappa shape index (κ3) is 2.87. The van der Waals surface area contributed by atoms with E-state index in [4.69, 9.17) is 0 Å². The van der Waals surface area contributed by atoms with Crippen molar-refractivity contribution in [2.75, 3.05) is 0 Å². The molecule has 12 heavy (non-hydrogen) atoms. The Kier molecular flexibility index (Phi) is 3.82. The van der Waals surface area contributed by atoms with Crippen LogP contribution < -0.4 is 8.88 Å². The van der Waals surface area contributed by atoms with Gasteiger partial charge in [-0.15, -0.1) is 0 Å². The lowest BCUT2D eigenvalue weighted by molar-refractivity contribution is 1.71. The summed E-state index contributed by atoms with van der Waals surface area (Å²) in [7, 11) is -1.07. The third-order valence-corrected chi connectivity index (χ3v) is 6.76. The lowest BCUT2D eigenvalue weighted by atomic mass is 10.4. The fourth-order valence-electron chi connectivity index (χ4n) is 1.09. The maximum Gasteiger partial charge on any atom is 0.506 e. The quantitative estimate of drug-likeness (QED) is 0.706. The molecule has 0 aliphatic rings. The van der Waals surface area contributed by atoms with Crippen LogP contribution >= 0.6 is 12.9 Å². The average molecular weight is 253 g/mol. The molecule has 0 N–H and O–H groups in total. The first-order valence-electron chi connectivity index (χ1n) is 4.19. The van der Waals surface area contributed by atoms with Crippen LogP contribution in [-0.2, 0) is 0 Å². The van der Waals surface area contributed by atoms with E-state index >= 15 is 0 Å². The molecule has 3 heteroatoms. The Morgan fingerprint density at radius 3 is 1.92 bits per heavy atom. The molecule has 0 aliphatic carbocycles. The van der Waals surface area contributed by atoms with Crippen molar-refractivity contribution >= 4 is 48.0 Å². The second-order valence-electron chi connectivity index (χ2n) is 4.08. The van der Waals surface area contributed by atoms with Gasteiger partial charge < -0.3 is 0 Å². The summed E-state index contributed by atoms with van der Waals surface area (Å²) < 4.78 is 1.50. The summed E-state index contributed by atoms with van der Waals surface area (Å²) in [6.45, 7) is 7.15. The Morgan fingerprint density at radius 1 is 1.08 bits per heavy atom. The minimum atomic E-state index is -1.07. The topological polar surface area (TPSA) is 0 Å².